The Morgan fingerprint density at radius 2 is 1.24 bits per heavy atom. The first kappa shape index (κ1) is 17.0. The molecule has 0 aromatic heterocycles. The van der Waals surface area contributed by atoms with Crippen molar-refractivity contribution in [2.24, 2.45) is 29.6 Å². The molecular formula is C17H36. The van der Waals surface area contributed by atoms with E-state index >= 15 is 0 Å². The van der Waals surface area contributed by atoms with E-state index in [-0.39, 0.29) is 0 Å². The third-order valence-corrected chi connectivity index (χ3v) is 4.66. The van der Waals surface area contributed by atoms with E-state index in [9.17, 15) is 0 Å². The molecule has 0 aliphatic rings. The van der Waals surface area contributed by atoms with E-state index in [1.807, 2.05) is 0 Å². The van der Waals surface area contributed by atoms with E-state index in [0.717, 1.165) is 29.6 Å². The van der Waals surface area contributed by atoms with Gasteiger partial charge in [0.15, 0.2) is 0 Å². The Morgan fingerprint density at radius 1 is 0.706 bits per heavy atom. The first-order chi connectivity index (χ1) is 7.93. The van der Waals surface area contributed by atoms with Gasteiger partial charge in [-0.3, -0.25) is 0 Å². The Bertz CT molecular complexity index is 161. The molecule has 0 heterocycles. The zero-order chi connectivity index (χ0) is 13.4. The lowest BCUT2D eigenvalue weighted by Crippen LogP contribution is -2.19. The smallest absolute Gasteiger partial charge is 0.0368 e. The van der Waals surface area contributed by atoms with Crippen molar-refractivity contribution in [3.63, 3.8) is 0 Å². The molecule has 0 saturated heterocycles. The first-order valence-corrected chi connectivity index (χ1v) is 7.93. The third-order valence-electron chi connectivity index (χ3n) is 4.66. The zero-order valence-corrected chi connectivity index (χ0v) is 13.4. The van der Waals surface area contributed by atoms with Crippen LogP contribution in [0, 0.1) is 29.6 Å². The van der Waals surface area contributed by atoms with Crippen molar-refractivity contribution in [1.82, 2.24) is 0 Å². The molecule has 0 saturated carbocycles. The van der Waals surface area contributed by atoms with Crippen LogP contribution in [-0.4, -0.2) is 0 Å². The minimum atomic E-state index is 0.841. The van der Waals surface area contributed by atoms with Gasteiger partial charge in [-0.2, -0.15) is 0 Å². The molecule has 104 valence electrons. The van der Waals surface area contributed by atoms with E-state index in [0.29, 0.717) is 0 Å². The minimum absolute atomic E-state index is 0.841. The van der Waals surface area contributed by atoms with Crippen molar-refractivity contribution < 1.29 is 0 Å². The lowest BCUT2D eigenvalue weighted by Gasteiger charge is -2.28. The Labute approximate surface area is 111 Å². The highest BCUT2D eigenvalue weighted by atomic mass is 14.3. The number of hydrogen-bond acceptors (Lipinski definition) is 0. The second-order valence-corrected chi connectivity index (χ2v) is 6.66. The number of hydrogen-bond donors (Lipinski definition) is 0. The van der Waals surface area contributed by atoms with Crippen LogP contribution in [0.2, 0.25) is 0 Å². The van der Waals surface area contributed by atoms with Crippen molar-refractivity contribution in [2.75, 3.05) is 0 Å². The molecule has 0 radical (unpaired) electrons. The molecule has 0 bridgehead atoms. The molecule has 2 unspecified atom stereocenters. The second kappa shape index (κ2) is 9.00. The summed E-state index contributed by atoms with van der Waals surface area (Å²) in [5.41, 5.74) is 0. The molecule has 0 heteroatoms. The van der Waals surface area contributed by atoms with Gasteiger partial charge >= 0.3 is 0 Å². The molecule has 0 N–H and O–H groups in total. The maximum absolute atomic E-state index is 2.47. The number of rotatable bonds is 9. The summed E-state index contributed by atoms with van der Waals surface area (Å²) in [6.07, 6.45) is 6.99. The monoisotopic (exact) mass is 240 g/mol. The summed E-state index contributed by atoms with van der Waals surface area (Å²) in [5, 5.41) is 0. The van der Waals surface area contributed by atoms with E-state index < -0.39 is 0 Å². The van der Waals surface area contributed by atoms with Gasteiger partial charge in [0.25, 0.3) is 0 Å². The summed E-state index contributed by atoms with van der Waals surface area (Å²) in [6, 6.07) is 0. The Kier molecular flexibility index (Phi) is 9.00. The van der Waals surface area contributed by atoms with Crippen molar-refractivity contribution in [1.29, 1.82) is 0 Å². The van der Waals surface area contributed by atoms with Gasteiger partial charge < -0.3 is 0 Å². The lowest BCUT2D eigenvalue weighted by molar-refractivity contribution is 0.221. The molecule has 0 nitrogen and oxygen atoms in total. The molecule has 17 heavy (non-hydrogen) atoms. The van der Waals surface area contributed by atoms with E-state index in [1.54, 1.807) is 0 Å². The van der Waals surface area contributed by atoms with Crippen LogP contribution >= 0.6 is 0 Å². The van der Waals surface area contributed by atoms with Crippen LogP contribution in [0.4, 0.5) is 0 Å². The van der Waals surface area contributed by atoms with Gasteiger partial charge in [-0.15, -0.1) is 0 Å². The summed E-state index contributed by atoms with van der Waals surface area (Å²) in [7, 11) is 0. The van der Waals surface area contributed by atoms with Gasteiger partial charge in [0.2, 0.25) is 0 Å². The molecule has 2 atom stereocenters. The Hall–Kier alpha value is 0. The maximum Gasteiger partial charge on any atom is -0.0368 e. The highest BCUT2D eigenvalue weighted by Gasteiger charge is 2.20. The second-order valence-electron chi connectivity index (χ2n) is 6.66. The fourth-order valence-electron chi connectivity index (χ4n) is 3.39. The topological polar surface area (TPSA) is 0 Å². The average molecular weight is 240 g/mol. The van der Waals surface area contributed by atoms with Gasteiger partial charge in [0.1, 0.15) is 0 Å². The van der Waals surface area contributed by atoms with E-state index in [2.05, 4.69) is 48.5 Å². The predicted octanol–water partition coefficient (Wildman–Crippen LogP) is 6.16. The first-order valence-electron chi connectivity index (χ1n) is 7.93. The van der Waals surface area contributed by atoms with Crippen LogP contribution in [0.25, 0.3) is 0 Å². The van der Waals surface area contributed by atoms with Crippen LogP contribution < -0.4 is 0 Å². The molecule has 0 fully saturated rings. The van der Waals surface area contributed by atoms with Crippen LogP contribution in [0.3, 0.4) is 0 Å². The Balaban J connectivity index is 4.14. The fraction of sp³-hybridized carbons (Fsp3) is 1.00. The molecule has 0 amide bonds. The molecule has 0 aromatic carbocycles. The largest absolute Gasteiger partial charge is 0.0654 e. The fourth-order valence-corrected chi connectivity index (χ4v) is 3.39. The molecule has 0 spiro atoms. The SMILES string of the molecule is CCCC(CC)C(C)CCC(C(C)C)C(C)C. The van der Waals surface area contributed by atoms with Gasteiger partial charge in [-0.25, -0.2) is 0 Å². The minimum Gasteiger partial charge on any atom is -0.0654 e. The summed E-state index contributed by atoms with van der Waals surface area (Å²) >= 11 is 0. The molecule has 0 rings (SSSR count). The summed E-state index contributed by atoms with van der Waals surface area (Å²) < 4.78 is 0. The van der Waals surface area contributed by atoms with E-state index in [1.165, 1.54) is 32.1 Å². The Morgan fingerprint density at radius 3 is 1.59 bits per heavy atom. The van der Waals surface area contributed by atoms with Crippen LogP contribution in [0.1, 0.15) is 80.6 Å². The van der Waals surface area contributed by atoms with Crippen molar-refractivity contribution in [3.8, 4) is 0 Å². The average Bonchev–Trinajstić information content (AvgIpc) is 2.24. The van der Waals surface area contributed by atoms with Gasteiger partial charge in [0.05, 0.1) is 0 Å². The molecule has 0 aromatic rings. The van der Waals surface area contributed by atoms with E-state index in [4.69, 9.17) is 0 Å². The predicted molar refractivity (Wildman–Crippen MR) is 80.3 cm³/mol. The summed E-state index contributed by atoms with van der Waals surface area (Å²) in [5.74, 6) is 4.47. The highest BCUT2D eigenvalue weighted by Crippen LogP contribution is 2.31. The van der Waals surface area contributed by atoms with Crippen molar-refractivity contribution in [3.05, 3.63) is 0 Å². The van der Waals surface area contributed by atoms with Gasteiger partial charge in [-0.05, 0) is 36.0 Å². The van der Waals surface area contributed by atoms with Gasteiger partial charge in [-0.1, -0.05) is 74.1 Å². The summed E-state index contributed by atoms with van der Waals surface area (Å²) in [6.45, 7) is 16.7. The lowest BCUT2D eigenvalue weighted by atomic mass is 9.77. The van der Waals surface area contributed by atoms with Crippen LogP contribution in [-0.2, 0) is 0 Å². The highest BCUT2D eigenvalue weighted by molar-refractivity contribution is 4.71. The van der Waals surface area contributed by atoms with Crippen LogP contribution in [0.5, 0.6) is 0 Å². The molecule has 0 aliphatic carbocycles. The maximum atomic E-state index is 2.47. The normalized spacial score (nSPS) is 15.9. The third kappa shape index (κ3) is 6.48. The standard InChI is InChI=1S/C17H36/c1-8-10-16(9-2)15(7)11-12-17(13(3)4)14(5)6/h13-17H,8-12H2,1-7H3. The quantitative estimate of drug-likeness (QED) is 0.453. The van der Waals surface area contributed by atoms with Gasteiger partial charge in [0, 0.05) is 0 Å². The molecule has 0 aliphatic heterocycles. The zero-order valence-electron chi connectivity index (χ0n) is 13.4. The summed E-state index contributed by atoms with van der Waals surface area (Å²) in [4.78, 5) is 0. The molecular weight excluding hydrogens is 204 g/mol. The van der Waals surface area contributed by atoms with Crippen molar-refractivity contribution in [2.45, 2.75) is 80.6 Å². The van der Waals surface area contributed by atoms with Crippen LogP contribution in [0.15, 0.2) is 0 Å². The van der Waals surface area contributed by atoms with Crippen molar-refractivity contribution >= 4 is 0 Å².